The van der Waals surface area contributed by atoms with E-state index < -0.39 is 5.97 Å². The molecule has 0 aliphatic rings. The molecule has 5 nitrogen and oxygen atoms in total. The average Bonchev–Trinajstić information content (AvgIpc) is 2.09. The Morgan fingerprint density at radius 2 is 1.57 bits per heavy atom. The molecule has 0 spiro atoms. The van der Waals surface area contributed by atoms with Crippen molar-refractivity contribution in [3.8, 4) is 0 Å². The van der Waals surface area contributed by atoms with Crippen molar-refractivity contribution in [1.29, 1.82) is 0 Å². The number of carbonyl (C=O) groups is 1. The first-order chi connectivity index (χ1) is 6.27. The van der Waals surface area contributed by atoms with Crippen LogP contribution in [0.5, 0.6) is 0 Å². The number of ether oxygens (including phenoxy) is 3. The maximum absolute atomic E-state index is 9.88. The molecule has 0 N–H and O–H groups in total. The minimum absolute atomic E-state index is 0. The molecule has 0 aromatic carbocycles. The minimum Gasteiger partial charge on any atom is -0.548 e. The molecule has 0 heterocycles. The number of hydrogen-bond donors (Lipinski definition) is 0. The van der Waals surface area contributed by atoms with Crippen molar-refractivity contribution in [1.82, 2.24) is 0 Å². The molecule has 0 rings (SSSR count). The summed E-state index contributed by atoms with van der Waals surface area (Å²) in [5.41, 5.74) is 0. The van der Waals surface area contributed by atoms with Gasteiger partial charge in [-0.3, -0.25) is 0 Å². The molecule has 0 aliphatic heterocycles. The van der Waals surface area contributed by atoms with E-state index in [4.69, 9.17) is 9.47 Å². The van der Waals surface area contributed by atoms with Crippen molar-refractivity contribution < 1.29 is 53.7 Å². The monoisotopic (exact) mass is 214 g/mol. The second-order valence-electron chi connectivity index (χ2n) is 2.23. The third-order valence-corrected chi connectivity index (χ3v) is 1.17. The second-order valence-corrected chi connectivity index (χ2v) is 2.23. The minimum atomic E-state index is -1.21. The van der Waals surface area contributed by atoms with Crippen LogP contribution in [-0.2, 0) is 19.0 Å². The molecule has 14 heavy (non-hydrogen) atoms. The molecule has 0 atom stereocenters. The van der Waals surface area contributed by atoms with Gasteiger partial charge in [0.25, 0.3) is 0 Å². The third-order valence-electron chi connectivity index (χ3n) is 1.17. The smallest absolute Gasteiger partial charge is 0.548 e. The summed E-state index contributed by atoms with van der Waals surface area (Å²) >= 11 is 0. The summed E-state index contributed by atoms with van der Waals surface area (Å²) in [5, 5.41) is 9.88. The molecule has 0 saturated carbocycles. The van der Waals surface area contributed by atoms with Gasteiger partial charge < -0.3 is 24.1 Å². The topological polar surface area (TPSA) is 67.8 Å². The Labute approximate surface area is 106 Å². The summed E-state index contributed by atoms with van der Waals surface area (Å²) in [6.07, 6.45) is 0. The van der Waals surface area contributed by atoms with E-state index in [-0.39, 0.29) is 42.8 Å². The number of carboxylic acids is 1. The van der Waals surface area contributed by atoms with Gasteiger partial charge in [0.05, 0.1) is 39.0 Å². The first-order valence-corrected chi connectivity index (χ1v) is 4.20. The van der Waals surface area contributed by atoms with Gasteiger partial charge in [0.2, 0.25) is 0 Å². The summed E-state index contributed by atoms with van der Waals surface area (Å²) in [6, 6.07) is 0. The zero-order valence-corrected chi connectivity index (χ0v) is 10.8. The van der Waals surface area contributed by atoms with Crippen LogP contribution in [0.25, 0.3) is 0 Å². The fourth-order valence-electron chi connectivity index (χ4n) is 0.638. The molecule has 0 aliphatic carbocycles. The quantitative estimate of drug-likeness (QED) is 0.287. The molecular formula is C8H15NaO5. The molecule has 0 fully saturated rings. The Kier molecular flexibility index (Phi) is 16.0. The maximum Gasteiger partial charge on any atom is 1.00 e. The van der Waals surface area contributed by atoms with Gasteiger partial charge in [-0.25, -0.2) is 0 Å². The van der Waals surface area contributed by atoms with E-state index in [1.54, 1.807) is 0 Å². The Balaban J connectivity index is 0. The Bertz CT molecular complexity index is 131. The van der Waals surface area contributed by atoms with Gasteiger partial charge in [-0.2, -0.15) is 0 Å². The van der Waals surface area contributed by atoms with Crippen LogP contribution in [0.3, 0.4) is 0 Å². The van der Waals surface area contributed by atoms with Gasteiger partial charge in [0.1, 0.15) is 0 Å². The number of hydrogen-bond acceptors (Lipinski definition) is 5. The number of carbonyl (C=O) groups excluding carboxylic acids is 1. The van der Waals surface area contributed by atoms with Gasteiger partial charge in [0, 0.05) is 6.61 Å². The van der Waals surface area contributed by atoms with Crippen molar-refractivity contribution in [3.05, 3.63) is 0 Å². The van der Waals surface area contributed by atoms with E-state index in [0.717, 1.165) is 0 Å². The molecule has 0 unspecified atom stereocenters. The van der Waals surface area contributed by atoms with Crippen LogP contribution < -0.4 is 34.7 Å². The zero-order valence-electron chi connectivity index (χ0n) is 8.78. The summed E-state index contributed by atoms with van der Waals surface area (Å²) in [6.45, 7) is 3.89. The largest absolute Gasteiger partial charge is 1.00 e. The summed E-state index contributed by atoms with van der Waals surface area (Å²) in [7, 11) is 0. The van der Waals surface area contributed by atoms with Gasteiger partial charge in [-0.05, 0) is 6.92 Å². The maximum atomic E-state index is 9.88. The fourth-order valence-corrected chi connectivity index (χ4v) is 0.638. The van der Waals surface area contributed by atoms with Crippen LogP contribution in [-0.4, -0.2) is 45.6 Å². The van der Waals surface area contributed by atoms with E-state index in [1.807, 2.05) is 6.92 Å². The number of aliphatic carboxylic acids is 1. The molecule has 0 bridgehead atoms. The van der Waals surface area contributed by atoms with E-state index in [0.29, 0.717) is 26.4 Å². The van der Waals surface area contributed by atoms with Crippen molar-refractivity contribution in [2.75, 3.05) is 39.6 Å². The van der Waals surface area contributed by atoms with E-state index in [9.17, 15) is 9.90 Å². The van der Waals surface area contributed by atoms with Crippen molar-refractivity contribution in [2.24, 2.45) is 0 Å². The molecule has 78 valence electrons. The SMILES string of the molecule is CCOCCOCCOCC(=O)[O-].[Na+]. The summed E-state index contributed by atoms with van der Waals surface area (Å²) < 4.78 is 14.7. The Morgan fingerprint density at radius 1 is 1.07 bits per heavy atom. The van der Waals surface area contributed by atoms with Crippen LogP contribution in [0.4, 0.5) is 0 Å². The first-order valence-electron chi connectivity index (χ1n) is 4.20. The molecule has 0 aromatic rings. The molecular weight excluding hydrogens is 199 g/mol. The van der Waals surface area contributed by atoms with Crippen LogP contribution in [0.2, 0.25) is 0 Å². The van der Waals surface area contributed by atoms with Crippen LogP contribution in [0.15, 0.2) is 0 Å². The average molecular weight is 214 g/mol. The normalized spacial score (nSPS) is 9.50. The Morgan fingerprint density at radius 3 is 2.07 bits per heavy atom. The summed E-state index contributed by atoms with van der Waals surface area (Å²) in [4.78, 5) is 9.88. The molecule has 0 aromatic heterocycles. The number of carboxylic acid groups (broad SMARTS) is 1. The fraction of sp³-hybridized carbons (Fsp3) is 0.875. The Hall–Kier alpha value is 0.350. The van der Waals surface area contributed by atoms with Crippen molar-refractivity contribution in [2.45, 2.75) is 6.92 Å². The molecule has 0 radical (unpaired) electrons. The van der Waals surface area contributed by atoms with Crippen LogP contribution >= 0.6 is 0 Å². The van der Waals surface area contributed by atoms with Crippen LogP contribution in [0.1, 0.15) is 6.92 Å². The molecule has 0 saturated heterocycles. The predicted molar refractivity (Wildman–Crippen MR) is 43.1 cm³/mol. The number of rotatable bonds is 9. The van der Waals surface area contributed by atoms with Gasteiger partial charge in [-0.15, -0.1) is 0 Å². The van der Waals surface area contributed by atoms with Gasteiger partial charge >= 0.3 is 29.6 Å². The summed E-state index contributed by atoms with van der Waals surface area (Å²) in [5.74, 6) is -1.21. The van der Waals surface area contributed by atoms with Crippen molar-refractivity contribution >= 4 is 5.97 Å². The van der Waals surface area contributed by atoms with Crippen LogP contribution in [0, 0.1) is 0 Å². The molecule has 0 amide bonds. The zero-order chi connectivity index (χ0) is 9.94. The second kappa shape index (κ2) is 13.4. The standard InChI is InChI=1S/C8H16O5.Na/c1-2-11-3-4-12-5-6-13-7-8(9)10;/h2-7H2,1H3,(H,9,10);/q;+1/p-1. The van der Waals surface area contributed by atoms with E-state index in [1.165, 1.54) is 0 Å². The first kappa shape index (κ1) is 16.8. The van der Waals surface area contributed by atoms with Gasteiger partial charge in [-0.1, -0.05) is 0 Å². The van der Waals surface area contributed by atoms with Gasteiger partial charge in [0.15, 0.2) is 0 Å². The third kappa shape index (κ3) is 14.9. The van der Waals surface area contributed by atoms with E-state index >= 15 is 0 Å². The molecule has 6 heteroatoms. The van der Waals surface area contributed by atoms with Crippen molar-refractivity contribution in [3.63, 3.8) is 0 Å². The predicted octanol–water partition coefficient (Wildman–Crippen LogP) is -4.19. The van der Waals surface area contributed by atoms with E-state index in [2.05, 4.69) is 4.74 Å².